The van der Waals surface area contributed by atoms with Crippen LogP contribution in [0.15, 0.2) is 48.5 Å². The molecule has 0 bridgehead atoms. The van der Waals surface area contributed by atoms with Gasteiger partial charge < -0.3 is 5.32 Å². The number of nitrogens with zero attached hydrogens (tertiary/aromatic N) is 1. The van der Waals surface area contributed by atoms with E-state index in [1.807, 2.05) is 0 Å². The third-order valence-corrected chi connectivity index (χ3v) is 6.84. The molecule has 1 aliphatic carbocycles. The van der Waals surface area contributed by atoms with E-state index < -0.39 is 0 Å². The maximum Gasteiger partial charge on any atom is 0.224 e. The molecule has 1 fully saturated rings. The van der Waals surface area contributed by atoms with E-state index in [1.54, 1.807) is 0 Å². The molecule has 2 aliphatic heterocycles. The topological polar surface area (TPSA) is 32.3 Å². The summed E-state index contributed by atoms with van der Waals surface area (Å²) in [6, 6.07) is 15.7. The second kappa shape index (κ2) is 8.16. The lowest BCUT2D eigenvalue weighted by Gasteiger charge is -2.34. The molecular formula is C26H30N2O. The van der Waals surface area contributed by atoms with Gasteiger partial charge in [-0.15, -0.1) is 0 Å². The van der Waals surface area contributed by atoms with Crippen LogP contribution in [0.5, 0.6) is 0 Å². The molecular weight excluding hydrogens is 356 g/mol. The standard InChI is InChI=1S/C26H30N2O/c29-25-12-11-22-8-4-10-24(26(22)27-25)21-13-15-28(16-14-21)18-19-5-3-9-23(17-19)20-6-1-2-7-20/h3-6,8-10,17,21H,1-2,7,11-16,18H2,(H,27,29). The van der Waals surface area contributed by atoms with Crippen LogP contribution in [0.3, 0.4) is 0 Å². The largest absolute Gasteiger partial charge is 0.326 e. The first kappa shape index (κ1) is 18.6. The predicted molar refractivity (Wildman–Crippen MR) is 119 cm³/mol. The van der Waals surface area contributed by atoms with Gasteiger partial charge in [0.25, 0.3) is 0 Å². The van der Waals surface area contributed by atoms with Gasteiger partial charge in [-0.3, -0.25) is 9.69 Å². The van der Waals surface area contributed by atoms with Crippen molar-refractivity contribution in [1.29, 1.82) is 0 Å². The lowest BCUT2D eigenvalue weighted by atomic mass is 9.85. The summed E-state index contributed by atoms with van der Waals surface area (Å²) in [7, 11) is 0. The first-order valence-electron chi connectivity index (χ1n) is 11.2. The molecule has 1 amide bonds. The van der Waals surface area contributed by atoms with Crippen LogP contribution in [0.2, 0.25) is 0 Å². The van der Waals surface area contributed by atoms with E-state index in [9.17, 15) is 4.79 Å². The highest BCUT2D eigenvalue weighted by molar-refractivity contribution is 5.95. The number of benzene rings is 2. The number of likely N-dealkylation sites (tertiary alicyclic amines) is 1. The van der Waals surface area contributed by atoms with E-state index >= 15 is 0 Å². The molecule has 0 radical (unpaired) electrons. The smallest absolute Gasteiger partial charge is 0.224 e. The van der Waals surface area contributed by atoms with Crippen molar-refractivity contribution in [2.24, 2.45) is 0 Å². The van der Waals surface area contributed by atoms with Gasteiger partial charge in [0.1, 0.15) is 0 Å². The number of amides is 1. The summed E-state index contributed by atoms with van der Waals surface area (Å²) in [6.07, 6.45) is 9.99. The molecule has 1 saturated heterocycles. The molecule has 1 N–H and O–H groups in total. The Balaban J connectivity index is 1.24. The summed E-state index contributed by atoms with van der Waals surface area (Å²) in [5, 5.41) is 3.15. The van der Waals surface area contributed by atoms with Crippen molar-refractivity contribution in [3.63, 3.8) is 0 Å². The number of rotatable bonds is 4. The minimum Gasteiger partial charge on any atom is -0.326 e. The Labute approximate surface area is 173 Å². The molecule has 5 rings (SSSR count). The number of piperidine rings is 1. The van der Waals surface area contributed by atoms with Gasteiger partial charge in [0.15, 0.2) is 0 Å². The molecule has 0 aromatic heterocycles. The number of nitrogens with one attached hydrogen (secondary N) is 1. The fourth-order valence-corrected chi connectivity index (χ4v) is 5.23. The molecule has 3 aliphatic rings. The number of hydrogen-bond acceptors (Lipinski definition) is 2. The molecule has 150 valence electrons. The van der Waals surface area contributed by atoms with Crippen LogP contribution < -0.4 is 5.32 Å². The number of anilines is 1. The van der Waals surface area contributed by atoms with Crippen LogP contribution in [0, 0.1) is 0 Å². The van der Waals surface area contributed by atoms with Crippen molar-refractivity contribution in [3.8, 4) is 0 Å². The second-order valence-corrected chi connectivity index (χ2v) is 8.80. The number of para-hydroxylation sites is 1. The zero-order valence-corrected chi connectivity index (χ0v) is 17.1. The first-order valence-corrected chi connectivity index (χ1v) is 11.2. The summed E-state index contributed by atoms with van der Waals surface area (Å²) < 4.78 is 0. The van der Waals surface area contributed by atoms with Crippen LogP contribution in [0.4, 0.5) is 5.69 Å². The first-order chi connectivity index (χ1) is 14.3. The summed E-state index contributed by atoms with van der Waals surface area (Å²) in [4.78, 5) is 14.5. The third kappa shape index (κ3) is 4.02. The average Bonchev–Trinajstić information content (AvgIpc) is 3.29. The van der Waals surface area contributed by atoms with Gasteiger partial charge in [0, 0.05) is 18.7 Å². The zero-order valence-electron chi connectivity index (χ0n) is 17.1. The Morgan fingerprint density at radius 1 is 1.00 bits per heavy atom. The molecule has 2 heterocycles. The Morgan fingerprint density at radius 2 is 1.86 bits per heavy atom. The number of carbonyl (C=O) groups excluding carboxylic acids is 1. The van der Waals surface area contributed by atoms with Gasteiger partial charge in [0.2, 0.25) is 5.91 Å². The van der Waals surface area contributed by atoms with E-state index in [4.69, 9.17) is 0 Å². The predicted octanol–water partition coefficient (Wildman–Crippen LogP) is 5.52. The number of allylic oxidation sites excluding steroid dienone is 2. The van der Waals surface area contributed by atoms with E-state index in [2.05, 4.69) is 58.8 Å². The fourth-order valence-electron chi connectivity index (χ4n) is 5.23. The highest BCUT2D eigenvalue weighted by Crippen LogP contribution is 2.37. The Hall–Kier alpha value is -2.39. The third-order valence-electron chi connectivity index (χ3n) is 6.84. The van der Waals surface area contributed by atoms with Crippen molar-refractivity contribution in [3.05, 3.63) is 70.8 Å². The molecule has 2 aromatic carbocycles. The Bertz CT molecular complexity index is 937. The van der Waals surface area contributed by atoms with Crippen molar-refractivity contribution in [2.45, 2.75) is 57.4 Å². The van der Waals surface area contributed by atoms with Crippen LogP contribution in [0.25, 0.3) is 5.57 Å². The van der Waals surface area contributed by atoms with Crippen molar-refractivity contribution < 1.29 is 4.79 Å². The quantitative estimate of drug-likeness (QED) is 0.750. The monoisotopic (exact) mass is 386 g/mol. The molecule has 2 aromatic rings. The highest BCUT2D eigenvalue weighted by Gasteiger charge is 2.26. The molecule has 3 nitrogen and oxygen atoms in total. The summed E-state index contributed by atoms with van der Waals surface area (Å²) in [5.74, 6) is 0.717. The summed E-state index contributed by atoms with van der Waals surface area (Å²) in [6.45, 7) is 3.28. The van der Waals surface area contributed by atoms with E-state index in [-0.39, 0.29) is 5.91 Å². The molecule has 3 heteroatoms. The fraction of sp³-hybridized carbons (Fsp3) is 0.423. The Kier molecular flexibility index (Phi) is 5.24. The normalized spacial score (nSPS) is 20.3. The minimum absolute atomic E-state index is 0.166. The van der Waals surface area contributed by atoms with Crippen LogP contribution in [-0.2, 0) is 17.8 Å². The van der Waals surface area contributed by atoms with Crippen LogP contribution >= 0.6 is 0 Å². The van der Waals surface area contributed by atoms with Gasteiger partial charge in [-0.2, -0.15) is 0 Å². The van der Waals surface area contributed by atoms with Gasteiger partial charge in [-0.1, -0.05) is 48.5 Å². The summed E-state index contributed by atoms with van der Waals surface area (Å²) in [5.41, 5.74) is 8.15. The van der Waals surface area contributed by atoms with Gasteiger partial charge >= 0.3 is 0 Å². The number of hydrogen-bond donors (Lipinski definition) is 1. The van der Waals surface area contributed by atoms with Gasteiger partial charge in [-0.25, -0.2) is 0 Å². The number of carbonyl (C=O) groups is 1. The number of fused-ring (bicyclic) bond motifs is 1. The van der Waals surface area contributed by atoms with Gasteiger partial charge in [-0.05, 0) is 85.4 Å². The van der Waals surface area contributed by atoms with E-state index in [0.717, 1.165) is 44.6 Å². The molecule has 0 atom stereocenters. The lowest BCUT2D eigenvalue weighted by Crippen LogP contribution is -2.33. The second-order valence-electron chi connectivity index (χ2n) is 8.80. The Morgan fingerprint density at radius 3 is 2.69 bits per heavy atom. The van der Waals surface area contributed by atoms with Crippen LogP contribution in [-0.4, -0.2) is 23.9 Å². The maximum atomic E-state index is 11.9. The average molecular weight is 387 g/mol. The SMILES string of the molecule is O=C1CCc2cccc(C3CCN(Cc4cccc(C5=CCCC5)c4)CC3)c2N1. The maximum absolute atomic E-state index is 11.9. The lowest BCUT2D eigenvalue weighted by molar-refractivity contribution is -0.116. The van der Waals surface area contributed by atoms with Crippen molar-refractivity contribution in [1.82, 2.24) is 4.90 Å². The number of aryl methyl sites for hydroxylation is 1. The highest BCUT2D eigenvalue weighted by atomic mass is 16.1. The molecule has 0 unspecified atom stereocenters. The summed E-state index contributed by atoms with van der Waals surface area (Å²) >= 11 is 0. The van der Waals surface area contributed by atoms with Crippen molar-refractivity contribution >= 4 is 17.2 Å². The molecule has 29 heavy (non-hydrogen) atoms. The molecule has 0 saturated carbocycles. The van der Waals surface area contributed by atoms with Crippen LogP contribution in [0.1, 0.15) is 66.7 Å². The minimum atomic E-state index is 0.166. The van der Waals surface area contributed by atoms with Crippen molar-refractivity contribution in [2.75, 3.05) is 18.4 Å². The molecule has 0 spiro atoms. The zero-order chi connectivity index (χ0) is 19.6. The van der Waals surface area contributed by atoms with Gasteiger partial charge in [0.05, 0.1) is 0 Å². The van der Waals surface area contributed by atoms with E-state index in [0.29, 0.717) is 12.3 Å². The van der Waals surface area contributed by atoms with E-state index in [1.165, 1.54) is 47.1 Å².